The monoisotopic (exact) mass is 477 g/mol. The van der Waals surface area contributed by atoms with E-state index in [1.807, 2.05) is 0 Å². The van der Waals surface area contributed by atoms with Crippen LogP contribution in [0.1, 0.15) is 21.5 Å². The molecule has 11 heteroatoms. The highest BCUT2D eigenvalue weighted by molar-refractivity contribution is 6.35. The molecule has 0 bridgehead atoms. The molecule has 0 spiro atoms. The zero-order valence-corrected chi connectivity index (χ0v) is 16.9. The van der Waals surface area contributed by atoms with Crippen LogP contribution in [0.3, 0.4) is 0 Å². The average Bonchev–Trinajstić information content (AvgIpc) is 2.66. The second-order valence-electron chi connectivity index (χ2n) is 6.92. The third-order valence-corrected chi connectivity index (χ3v) is 5.31. The van der Waals surface area contributed by atoms with Crippen molar-refractivity contribution in [2.45, 2.75) is 11.8 Å². The zero-order valence-electron chi connectivity index (χ0n) is 15.4. The molecule has 1 fully saturated rings. The number of rotatable bonds is 4. The molecule has 0 aliphatic carbocycles. The number of β-amino-alcohol motifs (C(OH)–C–C–N with tert-alkyl or cyclic N) is 1. The van der Waals surface area contributed by atoms with Crippen LogP contribution in [-0.4, -0.2) is 46.3 Å². The molecule has 3 rings (SSSR count). The van der Waals surface area contributed by atoms with Gasteiger partial charge in [-0.05, 0) is 29.3 Å². The number of aliphatic hydroxyl groups is 1. The van der Waals surface area contributed by atoms with Gasteiger partial charge in [-0.15, -0.1) is 0 Å². The number of carbonyl (C=O) groups is 2. The summed E-state index contributed by atoms with van der Waals surface area (Å²) >= 11 is 11.1. The van der Waals surface area contributed by atoms with Gasteiger partial charge in [0, 0.05) is 5.56 Å². The minimum Gasteiger partial charge on any atom is -0.465 e. The molecule has 0 unspecified atom stereocenters. The van der Waals surface area contributed by atoms with E-state index in [9.17, 15) is 32.3 Å². The normalized spacial score (nSPS) is 16.1. The van der Waals surface area contributed by atoms with Crippen LogP contribution in [0.15, 0.2) is 42.5 Å². The number of likely N-dealkylation sites (tertiary alicyclic amines) is 1. The fourth-order valence-corrected chi connectivity index (χ4v) is 3.59. The van der Waals surface area contributed by atoms with Gasteiger partial charge < -0.3 is 15.1 Å². The molecule has 1 aliphatic rings. The summed E-state index contributed by atoms with van der Waals surface area (Å²) in [6.07, 6.45) is -5.80. The van der Waals surface area contributed by atoms with Crippen molar-refractivity contribution in [2.24, 2.45) is 0 Å². The van der Waals surface area contributed by atoms with E-state index < -0.39 is 50.7 Å². The molecule has 2 aromatic carbocycles. The van der Waals surface area contributed by atoms with Gasteiger partial charge in [0.25, 0.3) is 0 Å². The summed E-state index contributed by atoms with van der Waals surface area (Å²) in [4.78, 5) is 24.3. The summed E-state index contributed by atoms with van der Waals surface area (Å²) in [5, 5.41) is 18.0. The molecule has 0 saturated carbocycles. The molecule has 0 atom stereocenters. The Bertz CT molecular complexity index is 1050. The van der Waals surface area contributed by atoms with Gasteiger partial charge in [-0.25, -0.2) is 9.18 Å². The number of hydrogen-bond donors (Lipinski definition) is 2. The zero-order chi connectivity index (χ0) is 23.1. The van der Waals surface area contributed by atoms with E-state index >= 15 is 0 Å². The molecular formula is C20H13Cl2F4NO4. The van der Waals surface area contributed by atoms with E-state index in [0.717, 1.165) is 17.0 Å². The Morgan fingerprint density at radius 3 is 2.00 bits per heavy atom. The van der Waals surface area contributed by atoms with Crippen LogP contribution in [-0.2, 0) is 5.60 Å². The number of ketones is 1. The number of benzene rings is 2. The number of halogens is 6. The number of carbonyl (C=O) groups excluding carboxylic acids is 1. The lowest BCUT2D eigenvalue weighted by molar-refractivity contribution is -0.0898. The predicted octanol–water partition coefficient (Wildman–Crippen LogP) is 5.14. The fourth-order valence-electron chi connectivity index (χ4n) is 3.10. The number of nitrogens with zero attached hydrogens (tertiary/aromatic N) is 1. The first-order chi connectivity index (χ1) is 14.3. The van der Waals surface area contributed by atoms with Crippen molar-refractivity contribution >= 4 is 40.7 Å². The number of allylic oxidation sites excluding steroid dienone is 2. The standard InChI is InChI=1S/C20H13Cl2F4NO4/c21-14-5-11(6-15(22)17(14)23)13(20(24,25)26)7-16(28)10-1-3-12(4-2-10)19(31)8-27(9-19)18(29)30/h1-7,31H,8-9H2,(H,29,30). The summed E-state index contributed by atoms with van der Waals surface area (Å²) in [5.74, 6) is -2.07. The van der Waals surface area contributed by atoms with Crippen molar-refractivity contribution in [2.75, 3.05) is 13.1 Å². The minimum atomic E-state index is -4.96. The molecule has 1 saturated heterocycles. The third kappa shape index (κ3) is 4.68. The van der Waals surface area contributed by atoms with Gasteiger partial charge in [-0.2, -0.15) is 13.2 Å². The van der Waals surface area contributed by atoms with Crippen molar-refractivity contribution < 1.29 is 37.4 Å². The van der Waals surface area contributed by atoms with E-state index in [4.69, 9.17) is 28.3 Å². The molecule has 5 nitrogen and oxygen atoms in total. The Kier molecular flexibility index (Phi) is 6.05. The highest BCUT2D eigenvalue weighted by Gasteiger charge is 2.45. The molecule has 1 heterocycles. The Morgan fingerprint density at radius 1 is 1.03 bits per heavy atom. The van der Waals surface area contributed by atoms with E-state index in [-0.39, 0.29) is 18.7 Å². The lowest BCUT2D eigenvalue weighted by Crippen LogP contribution is -2.60. The summed E-state index contributed by atoms with van der Waals surface area (Å²) in [7, 11) is 0. The Morgan fingerprint density at radius 2 is 1.55 bits per heavy atom. The molecule has 2 aromatic rings. The first-order valence-electron chi connectivity index (χ1n) is 8.61. The number of amides is 1. The maximum atomic E-state index is 13.5. The van der Waals surface area contributed by atoms with Crippen molar-refractivity contribution in [3.8, 4) is 0 Å². The Hall–Kier alpha value is -2.62. The van der Waals surface area contributed by atoms with Crippen LogP contribution in [0.25, 0.3) is 5.57 Å². The Balaban J connectivity index is 1.89. The fraction of sp³-hybridized carbons (Fsp3) is 0.200. The van der Waals surface area contributed by atoms with Gasteiger partial charge in [-0.1, -0.05) is 47.5 Å². The third-order valence-electron chi connectivity index (χ3n) is 4.76. The van der Waals surface area contributed by atoms with Gasteiger partial charge in [0.05, 0.1) is 28.7 Å². The SMILES string of the molecule is O=C(C=C(c1cc(Cl)c(F)c(Cl)c1)C(F)(F)F)c1ccc(C2(O)CN(C(=O)O)C2)cc1. The van der Waals surface area contributed by atoms with E-state index in [1.165, 1.54) is 24.3 Å². The summed E-state index contributed by atoms with van der Waals surface area (Å²) in [6.45, 7) is -0.334. The second-order valence-corrected chi connectivity index (χ2v) is 7.74. The second kappa shape index (κ2) is 8.14. The average molecular weight is 478 g/mol. The molecule has 31 heavy (non-hydrogen) atoms. The number of carboxylic acid groups (broad SMARTS) is 1. The van der Waals surface area contributed by atoms with Gasteiger partial charge in [-0.3, -0.25) is 4.79 Å². The van der Waals surface area contributed by atoms with Crippen molar-refractivity contribution in [1.29, 1.82) is 0 Å². The van der Waals surface area contributed by atoms with Crippen molar-refractivity contribution in [3.05, 3.63) is 75.0 Å². The lowest BCUT2D eigenvalue weighted by atomic mass is 9.86. The highest BCUT2D eigenvalue weighted by atomic mass is 35.5. The topological polar surface area (TPSA) is 77.8 Å². The molecule has 164 valence electrons. The minimum absolute atomic E-state index is 0.109. The van der Waals surface area contributed by atoms with Crippen molar-refractivity contribution in [3.63, 3.8) is 0 Å². The van der Waals surface area contributed by atoms with Gasteiger partial charge in [0.1, 0.15) is 5.60 Å². The molecule has 1 aliphatic heterocycles. The first-order valence-corrected chi connectivity index (χ1v) is 9.36. The van der Waals surface area contributed by atoms with Crippen LogP contribution in [0.5, 0.6) is 0 Å². The van der Waals surface area contributed by atoms with Crippen LogP contribution >= 0.6 is 23.2 Å². The highest BCUT2D eigenvalue weighted by Crippen LogP contribution is 2.38. The Labute approximate surface area is 183 Å². The predicted molar refractivity (Wildman–Crippen MR) is 105 cm³/mol. The summed E-state index contributed by atoms with van der Waals surface area (Å²) < 4.78 is 54.2. The summed E-state index contributed by atoms with van der Waals surface area (Å²) in [5.41, 5.74) is -3.16. The van der Waals surface area contributed by atoms with Gasteiger partial charge in [0.2, 0.25) is 0 Å². The maximum absolute atomic E-state index is 13.5. The van der Waals surface area contributed by atoms with Crippen molar-refractivity contribution in [1.82, 2.24) is 4.90 Å². The first kappa shape index (κ1) is 23.1. The van der Waals surface area contributed by atoms with Gasteiger partial charge in [0.15, 0.2) is 11.6 Å². The molecule has 0 aromatic heterocycles. The van der Waals surface area contributed by atoms with Crippen LogP contribution in [0, 0.1) is 5.82 Å². The number of alkyl halides is 3. The van der Waals surface area contributed by atoms with Crippen LogP contribution < -0.4 is 0 Å². The summed E-state index contributed by atoms with van der Waals surface area (Å²) in [6, 6.07) is 6.54. The van der Waals surface area contributed by atoms with E-state index in [2.05, 4.69) is 0 Å². The van der Waals surface area contributed by atoms with Gasteiger partial charge >= 0.3 is 12.3 Å². The van der Waals surface area contributed by atoms with E-state index in [1.54, 1.807) is 0 Å². The molecule has 1 amide bonds. The smallest absolute Gasteiger partial charge is 0.417 e. The maximum Gasteiger partial charge on any atom is 0.417 e. The molecule has 0 radical (unpaired) electrons. The quantitative estimate of drug-likeness (QED) is 0.276. The molecule has 2 N–H and O–H groups in total. The lowest BCUT2D eigenvalue weighted by Gasteiger charge is -2.45. The number of hydrogen-bond acceptors (Lipinski definition) is 3. The largest absolute Gasteiger partial charge is 0.465 e. The van der Waals surface area contributed by atoms with Crippen LogP contribution in [0.4, 0.5) is 22.4 Å². The van der Waals surface area contributed by atoms with Crippen LogP contribution in [0.2, 0.25) is 10.0 Å². The molecular weight excluding hydrogens is 465 g/mol. The van der Waals surface area contributed by atoms with E-state index in [0.29, 0.717) is 11.6 Å².